The Balaban J connectivity index is 1.72. The monoisotopic (exact) mass is 370 g/mol. The summed E-state index contributed by atoms with van der Waals surface area (Å²) in [5, 5.41) is 2.30. The molecule has 1 aromatic heterocycles. The molecular weight excluding hydrogens is 351 g/mol. The number of nitrogens with two attached hydrogens (primary N) is 1. The lowest BCUT2D eigenvalue weighted by Gasteiger charge is -2.23. The van der Waals surface area contributed by atoms with Crippen LogP contribution in [-0.2, 0) is 11.8 Å². The van der Waals surface area contributed by atoms with Crippen LogP contribution in [0.3, 0.4) is 0 Å². The van der Waals surface area contributed by atoms with Crippen LogP contribution in [0.2, 0.25) is 0 Å². The van der Waals surface area contributed by atoms with Crippen LogP contribution in [0, 0.1) is 0 Å². The van der Waals surface area contributed by atoms with Gasteiger partial charge in [-0.15, -0.1) is 0 Å². The Labute approximate surface area is 154 Å². The van der Waals surface area contributed by atoms with E-state index in [1.54, 1.807) is 12.2 Å². The third-order valence-corrected chi connectivity index (χ3v) is 4.38. The molecule has 0 unspecified atom stereocenters. The Hall–Kier alpha value is -3.42. The molecule has 140 valence electrons. The summed E-state index contributed by atoms with van der Waals surface area (Å²) in [7, 11) is 1.24. The number of carbonyl (C=O) groups excluding carboxylic acids is 1. The van der Waals surface area contributed by atoms with Gasteiger partial charge in [-0.1, -0.05) is 42.5 Å². The molecule has 1 amide bonds. The van der Waals surface area contributed by atoms with Crippen molar-refractivity contribution >= 4 is 23.0 Å². The first-order valence-corrected chi connectivity index (χ1v) is 8.31. The number of anilines is 2. The summed E-state index contributed by atoms with van der Waals surface area (Å²) in [4.78, 5) is 38.0. The zero-order valence-corrected chi connectivity index (χ0v) is 14.7. The fourth-order valence-corrected chi connectivity index (χ4v) is 2.84. The van der Waals surface area contributed by atoms with E-state index < -0.39 is 29.2 Å². The molecule has 1 aromatic carbocycles. The normalized spacial score (nSPS) is 18.8. The lowest BCUT2D eigenvalue weighted by Crippen LogP contribution is -2.37. The third-order valence-electron chi connectivity index (χ3n) is 4.38. The average molecular weight is 370 g/mol. The van der Waals surface area contributed by atoms with Crippen LogP contribution in [-0.4, -0.2) is 21.1 Å². The predicted molar refractivity (Wildman–Crippen MR) is 102 cm³/mol. The zero-order valence-electron chi connectivity index (χ0n) is 14.7. The Bertz CT molecular complexity index is 1050. The standard InChI is InChI=1S/C19H19FN4O3/c1-24-17(26)15(16(21)23-18(24)27)22-14(25)11-19(20)9-7-13(8-10-19)12-5-3-2-4-6-12/h2-9H,10-11,21H2,1H3,(H,22,25)(H,23,27)/t19-/m0/s1. The first-order valence-electron chi connectivity index (χ1n) is 8.31. The maximum atomic E-state index is 15.0. The highest BCUT2D eigenvalue weighted by Crippen LogP contribution is 2.32. The van der Waals surface area contributed by atoms with E-state index in [0.29, 0.717) is 0 Å². The molecule has 0 bridgehead atoms. The Morgan fingerprint density at radius 3 is 2.67 bits per heavy atom. The molecule has 27 heavy (non-hydrogen) atoms. The first kappa shape index (κ1) is 18.4. The highest BCUT2D eigenvalue weighted by molar-refractivity contribution is 5.94. The van der Waals surface area contributed by atoms with Crippen LogP contribution in [0.5, 0.6) is 0 Å². The number of amides is 1. The van der Waals surface area contributed by atoms with Gasteiger partial charge in [-0.3, -0.25) is 19.1 Å². The number of halogens is 1. The van der Waals surface area contributed by atoms with Gasteiger partial charge >= 0.3 is 5.69 Å². The Kier molecular flexibility index (Phi) is 4.81. The molecule has 0 fully saturated rings. The van der Waals surface area contributed by atoms with E-state index >= 15 is 0 Å². The summed E-state index contributed by atoms with van der Waals surface area (Å²) in [5.74, 6) is -0.982. The van der Waals surface area contributed by atoms with Gasteiger partial charge in [-0.2, -0.15) is 0 Å². The molecule has 0 saturated heterocycles. The second kappa shape index (κ2) is 7.06. The largest absolute Gasteiger partial charge is 0.383 e. The fraction of sp³-hybridized carbons (Fsp3) is 0.211. The topological polar surface area (TPSA) is 110 Å². The van der Waals surface area contributed by atoms with E-state index in [1.807, 2.05) is 30.3 Å². The number of alkyl halides is 1. The van der Waals surface area contributed by atoms with Crippen molar-refractivity contribution in [3.8, 4) is 0 Å². The molecule has 4 N–H and O–H groups in total. The molecular formula is C19H19FN4O3. The van der Waals surface area contributed by atoms with E-state index in [1.165, 1.54) is 13.1 Å². The summed E-state index contributed by atoms with van der Waals surface area (Å²) in [6.45, 7) is 0. The van der Waals surface area contributed by atoms with Crippen LogP contribution in [0.25, 0.3) is 5.57 Å². The summed E-state index contributed by atoms with van der Waals surface area (Å²) >= 11 is 0. The summed E-state index contributed by atoms with van der Waals surface area (Å²) in [6, 6.07) is 9.52. The molecule has 7 nitrogen and oxygen atoms in total. The molecule has 1 aliphatic carbocycles. The maximum Gasteiger partial charge on any atom is 0.329 e. The van der Waals surface area contributed by atoms with Gasteiger partial charge in [0.25, 0.3) is 5.56 Å². The van der Waals surface area contributed by atoms with Gasteiger partial charge in [-0.05, 0) is 17.2 Å². The number of aromatic nitrogens is 2. The molecule has 1 atom stereocenters. The van der Waals surface area contributed by atoms with Gasteiger partial charge in [0.1, 0.15) is 17.2 Å². The van der Waals surface area contributed by atoms with E-state index in [2.05, 4.69) is 10.3 Å². The van der Waals surface area contributed by atoms with Crippen LogP contribution >= 0.6 is 0 Å². The van der Waals surface area contributed by atoms with Crippen molar-refractivity contribution in [1.82, 2.24) is 9.55 Å². The summed E-state index contributed by atoms with van der Waals surface area (Å²) in [6.07, 6.45) is 4.27. The van der Waals surface area contributed by atoms with Crippen molar-refractivity contribution in [2.24, 2.45) is 7.05 Å². The molecule has 0 radical (unpaired) electrons. The first-order chi connectivity index (χ1) is 12.8. The molecule has 1 heterocycles. The van der Waals surface area contributed by atoms with E-state index in [0.717, 1.165) is 15.7 Å². The second-order valence-corrected chi connectivity index (χ2v) is 6.41. The number of allylic oxidation sites excluding steroid dienone is 4. The SMILES string of the molecule is Cn1c(=O)[nH]c(N)c(NC(=O)C[C@]2(F)C=CC(c3ccccc3)=CC2)c1=O. The van der Waals surface area contributed by atoms with Crippen LogP contribution in [0.15, 0.2) is 58.1 Å². The zero-order chi connectivity index (χ0) is 19.6. The molecule has 3 rings (SSSR count). The van der Waals surface area contributed by atoms with E-state index in [9.17, 15) is 18.8 Å². The van der Waals surface area contributed by atoms with Crippen molar-refractivity contribution in [3.63, 3.8) is 0 Å². The number of carbonyl (C=O) groups is 1. The summed E-state index contributed by atoms with van der Waals surface area (Å²) in [5.41, 5.74) is 3.82. The van der Waals surface area contributed by atoms with Gasteiger partial charge < -0.3 is 11.1 Å². The van der Waals surface area contributed by atoms with E-state index in [-0.39, 0.29) is 17.9 Å². The quantitative estimate of drug-likeness (QED) is 0.761. The minimum Gasteiger partial charge on any atom is -0.383 e. The highest BCUT2D eigenvalue weighted by atomic mass is 19.1. The Morgan fingerprint density at radius 1 is 1.33 bits per heavy atom. The minimum absolute atomic E-state index is 0.0280. The van der Waals surface area contributed by atoms with Crippen molar-refractivity contribution in [1.29, 1.82) is 0 Å². The highest BCUT2D eigenvalue weighted by Gasteiger charge is 2.31. The van der Waals surface area contributed by atoms with Crippen LogP contribution in [0.4, 0.5) is 15.9 Å². The number of aromatic amines is 1. The van der Waals surface area contributed by atoms with Crippen LogP contribution < -0.4 is 22.3 Å². The summed E-state index contributed by atoms with van der Waals surface area (Å²) < 4.78 is 15.8. The molecule has 2 aromatic rings. The molecule has 8 heteroatoms. The Morgan fingerprint density at radius 2 is 2.04 bits per heavy atom. The molecule has 1 aliphatic rings. The molecule has 0 spiro atoms. The second-order valence-electron chi connectivity index (χ2n) is 6.41. The molecule has 0 aliphatic heterocycles. The van der Waals surface area contributed by atoms with Crippen LogP contribution in [0.1, 0.15) is 18.4 Å². The number of hydrogen-bond donors (Lipinski definition) is 3. The van der Waals surface area contributed by atoms with Crippen molar-refractivity contribution in [2.45, 2.75) is 18.5 Å². The number of nitrogens with zero attached hydrogens (tertiary/aromatic N) is 1. The number of nitrogens with one attached hydrogen (secondary N) is 2. The number of H-pyrrole nitrogens is 1. The number of nitrogen functional groups attached to an aromatic ring is 1. The average Bonchev–Trinajstić information content (AvgIpc) is 2.64. The molecule has 0 saturated carbocycles. The predicted octanol–water partition coefficient (Wildman–Crippen LogP) is 1.74. The van der Waals surface area contributed by atoms with E-state index in [4.69, 9.17) is 5.73 Å². The van der Waals surface area contributed by atoms with Crippen molar-refractivity contribution in [2.75, 3.05) is 11.1 Å². The third kappa shape index (κ3) is 3.89. The lowest BCUT2D eigenvalue weighted by molar-refractivity contribution is -0.118. The van der Waals surface area contributed by atoms with Crippen molar-refractivity contribution in [3.05, 3.63) is 75.0 Å². The smallest absolute Gasteiger partial charge is 0.329 e. The number of rotatable bonds is 4. The van der Waals surface area contributed by atoms with Gasteiger partial charge in [-0.25, -0.2) is 9.18 Å². The maximum absolute atomic E-state index is 15.0. The minimum atomic E-state index is -1.87. The fourth-order valence-electron chi connectivity index (χ4n) is 2.84. The number of benzene rings is 1. The van der Waals surface area contributed by atoms with Gasteiger partial charge in [0, 0.05) is 13.5 Å². The van der Waals surface area contributed by atoms with Gasteiger partial charge in [0.15, 0.2) is 0 Å². The van der Waals surface area contributed by atoms with Gasteiger partial charge in [0.05, 0.1) is 6.42 Å². The van der Waals surface area contributed by atoms with Crippen molar-refractivity contribution < 1.29 is 9.18 Å². The number of hydrogen-bond acceptors (Lipinski definition) is 4. The van der Waals surface area contributed by atoms with Gasteiger partial charge in [0.2, 0.25) is 5.91 Å². The lowest BCUT2D eigenvalue weighted by atomic mass is 9.88.